The predicted molar refractivity (Wildman–Crippen MR) is 49.0 cm³/mol. The molecule has 1 aromatic heterocycles. The SMILES string of the molecule is CN(C)C(=O)CNCc1cnc[nH]1. The molecule has 72 valence electrons. The van der Waals surface area contributed by atoms with Gasteiger partial charge in [0.05, 0.1) is 12.9 Å². The molecule has 0 radical (unpaired) electrons. The number of H-pyrrole nitrogens is 1. The van der Waals surface area contributed by atoms with E-state index < -0.39 is 0 Å². The van der Waals surface area contributed by atoms with Crippen molar-refractivity contribution in [3.8, 4) is 0 Å². The number of likely N-dealkylation sites (N-methyl/N-ethyl adjacent to an activating group) is 1. The van der Waals surface area contributed by atoms with Crippen LogP contribution in [0.25, 0.3) is 0 Å². The van der Waals surface area contributed by atoms with Gasteiger partial charge in [-0.1, -0.05) is 0 Å². The van der Waals surface area contributed by atoms with Crippen LogP contribution in [0.2, 0.25) is 0 Å². The number of hydrogen-bond donors (Lipinski definition) is 2. The molecule has 1 amide bonds. The maximum Gasteiger partial charge on any atom is 0.236 e. The van der Waals surface area contributed by atoms with Crippen molar-refractivity contribution >= 4 is 5.91 Å². The lowest BCUT2D eigenvalue weighted by Gasteiger charge is -2.09. The highest BCUT2D eigenvalue weighted by atomic mass is 16.2. The molecular formula is C8H14N4O. The second-order valence-electron chi connectivity index (χ2n) is 2.97. The zero-order valence-corrected chi connectivity index (χ0v) is 7.87. The van der Waals surface area contributed by atoms with Crippen LogP contribution in [0.1, 0.15) is 5.69 Å². The first kappa shape index (κ1) is 9.73. The molecule has 0 bridgehead atoms. The fraction of sp³-hybridized carbons (Fsp3) is 0.500. The molecule has 0 aromatic carbocycles. The highest BCUT2D eigenvalue weighted by Gasteiger charge is 2.02. The average molecular weight is 182 g/mol. The molecular weight excluding hydrogens is 168 g/mol. The van der Waals surface area contributed by atoms with Gasteiger partial charge < -0.3 is 15.2 Å². The molecule has 0 unspecified atom stereocenters. The first-order valence-electron chi connectivity index (χ1n) is 4.08. The zero-order chi connectivity index (χ0) is 9.68. The van der Waals surface area contributed by atoms with Gasteiger partial charge in [-0.2, -0.15) is 0 Å². The molecule has 0 fully saturated rings. The van der Waals surface area contributed by atoms with E-state index in [-0.39, 0.29) is 5.91 Å². The Bertz CT molecular complexity index is 255. The van der Waals surface area contributed by atoms with Crippen LogP contribution in [-0.2, 0) is 11.3 Å². The predicted octanol–water partition coefficient (Wildman–Crippen LogP) is -0.413. The first-order valence-corrected chi connectivity index (χ1v) is 4.08. The average Bonchev–Trinajstić information content (AvgIpc) is 2.56. The van der Waals surface area contributed by atoms with Gasteiger partial charge in [0.2, 0.25) is 5.91 Å². The van der Waals surface area contributed by atoms with Crippen molar-refractivity contribution in [2.45, 2.75) is 6.54 Å². The topological polar surface area (TPSA) is 61.0 Å². The summed E-state index contributed by atoms with van der Waals surface area (Å²) in [5, 5.41) is 3.01. The Kier molecular flexibility index (Phi) is 3.45. The number of rotatable bonds is 4. The first-order chi connectivity index (χ1) is 6.20. The normalized spacial score (nSPS) is 10.0. The Morgan fingerprint density at radius 1 is 1.69 bits per heavy atom. The molecule has 0 saturated carbocycles. The van der Waals surface area contributed by atoms with Crippen molar-refractivity contribution in [1.29, 1.82) is 0 Å². The van der Waals surface area contributed by atoms with Crippen LogP contribution >= 0.6 is 0 Å². The van der Waals surface area contributed by atoms with Crippen LogP contribution in [0.5, 0.6) is 0 Å². The summed E-state index contributed by atoms with van der Waals surface area (Å²) in [4.78, 5) is 19.5. The molecule has 13 heavy (non-hydrogen) atoms. The van der Waals surface area contributed by atoms with Crippen LogP contribution in [-0.4, -0.2) is 41.4 Å². The number of carbonyl (C=O) groups is 1. The summed E-state index contributed by atoms with van der Waals surface area (Å²) >= 11 is 0. The molecule has 5 heteroatoms. The van der Waals surface area contributed by atoms with E-state index in [9.17, 15) is 4.79 Å². The Hall–Kier alpha value is -1.36. The molecule has 0 saturated heterocycles. The lowest BCUT2D eigenvalue weighted by molar-refractivity contribution is -0.127. The van der Waals surface area contributed by atoms with Gasteiger partial charge in [-0.25, -0.2) is 4.98 Å². The van der Waals surface area contributed by atoms with Crippen LogP contribution in [0.4, 0.5) is 0 Å². The molecule has 1 rings (SSSR count). The Balaban J connectivity index is 2.18. The van der Waals surface area contributed by atoms with Gasteiger partial charge in [0.15, 0.2) is 0 Å². The number of nitrogens with one attached hydrogen (secondary N) is 2. The third-order valence-electron chi connectivity index (χ3n) is 1.65. The minimum atomic E-state index is 0.0690. The minimum Gasteiger partial charge on any atom is -0.348 e. The summed E-state index contributed by atoms with van der Waals surface area (Å²) in [6.45, 7) is 0.992. The summed E-state index contributed by atoms with van der Waals surface area (Å²) in [6, 6.07) is 0. The fourth-order valence-corrected chi connectivity index (χ4v) is 0.844. The molecule has 0 aliphatic carbocycles. The second-order valence-corrected chi connectivity index (χ2v) is 2.97. The van der Waals surface area contributed by atoms with Gasteiger partial charge in [0.1, 0.15) is 0 Å². The van der Waals surface area contributed by atoms with Crippen molar-refractivity contribution in [2.75, 3.05) is 20.6 Å². The quantitative estimate of drug-likeness (QED) is 0.665. The number of hydrogen-bond acceptors (Lipinski definition) is 3. The van der Waals surface area contributed by atoms with Gasteiger partial charge in [0, 0.05) is 32.5 Å². The van der Waals surface area contributed by atoms with Crippen LogP contribution in [0, 0.1) is 0 Å². The molecule has 1 heterocycles. The summed E-state index contributed by atoms with van der Waals surface area (Å²) in [7, 11) is 3.47. The maximum atomic E-state index is 11.1. The second kappa shape index (κ2) is 4.61. The van der Waals surface area contributed by atoms with E-state index in [1.54, 1.807) is 31.5 Å². The lowest BCUT2D eigenvalue weighted by Crippen LogP contribution is -2.32. The largest absolute Gasteiger partial charge is 0.348 e. The molecule has 0 spiro atoms. The summed E-state index contributed by atoms with van der Waals surface area (Å²) in [5.41, 5.74) is 0.978. The number of aromatic nitrogens is 2. The summed E-state index contributed by atoms with van der Waals surface area (Å²) in [6.07, 6.45) is 3.35. The van der Waals surface area contributed by atoms with Crippen LogP contribution < -0.4 is 5.32 Å². The van der Waals surface area contributed by atoms with Gasteiger partial charge in [0.25, 0.3) is 0 Å². The van der Waals surface area contributed by atoms with Crippen molar-refractivity contribution in [1.82, 2.24) is 20.2 Å². The Morgan fingerprint density at radius 3 is 3.00 bits per heavy atom. The van der Waals surface area contributed by atoms with E-state index in [0.717, 1.165) is 5.69 Å². The highest BCUT2D eigenvalue weighted by molar-refractivity contribution is 5.77. The van der Waals surface area contributed by atoms with Crippen LogP contribution in [0.3, 0.4) is 0 Å². The van der Waals surface area contributed by atoms with E-state index in [1.807, 2.05) is 0 Å². The Labute approximate surface area is 77.2 Å². The van der Waals surface area contributed by atoms with E-state index in [4.69, 9.17) is 0 Å². The van der Waals surface area contributed by atoms with E-state index in [2.05, 4.69) is 15.3 Å². The smallest absolute Gasteiger partial charge is 0.236 e. The number of nitrogens with zero attached hydrogens (tertiary/aromatic N) is 2. The third kappa shape index (κ3) is 3.25. The van der Waals surface area contributed by atoms with Crippen molar-refractivity contribution in [3.63, 3.8) is 0 Å². The maximum absolute atomic E-state index is 11.1. The molecule has 0 aliphatic heterocycles. The van der Waals surface area contributed by atoms with Crippen molar-refractivity contribution in [3.05, 3.63) is 18.2 Å². The summed E-state index contributed by atoms with van der Waals surface area (Å²) in [5.74, 6) is 0.0690. The number of imidazole rings is 1. The number of aromatic amines is 1. The molecule has 2 N–H and O–H groups in total. The third-order valence-corrected chi connectivity index (χ3v) is 1.65. The molecule has 1 aromatic rings. The van der Waals surface area contributed by atoms with Crippen molar-refractivity contribution < 1.29 is 4.79 Å². The van der Waals surface area contributed by atoms with E-state index >= 15 is 0 Å². The van der Waals surface area contributed by atoms with E-state index in [1.165, 1.54) is 0 Å². The molecule has 5 nitrogen and oxygen atoms in total. The lowest BCUT2D eigenvalue weighted by atomic mass is 10.4. The number of amides is 1. The highest BCUT2D eigenvalue weighted by Crippen LogP contribution is 1.88. The van der Waals surface area contributed by atoms with E-state index in [0.29, 0.717) is 13.1 Å². The fourth-order valence-electron chi connectivity index (χ4n) is 0.844. The van der Waals surface area contributed by atoms with Gasteiger partial charge in [-0.15, -0.1) is 0 Å². The van der Waals surface area contributed by atoms with Crippen LogP contribution in [0.15, 0.2) is 12.5 Å². The standard InChI is InChI=1S/C8H14N4O/c1-12(2)8(13)5-9-3-7-4-10-6-11-7/h4,6,9H,3,5H2,1-2H3,(H,10,11). The summed E-state index contributed by atoms with van der Waals surface area (Å²) < 4.78 is 0. The molecule has 0 atom stereocenters. The zero-order valence-electron chi connectivity index (χ0n) is 7.87. The van der Waals surface area contributed by atoms with Gasteiger partial charge in [-0.3, -0.25) is 4.79 Å². The van der Waals surface area contributed by atoms with Crippen molar-refractivity contribution in [2.24, 2.45) is 0 Å². The molecule has 0 aliphatic rings. The number of carbonyl (C=O) groups excluding carboxylic acids is 1. The minimum absolute atomic E-state index is 0.0690. The Morgan fingerprint density at radius 2 is 2.46 bits per heavy atom. The van der Waals surface area contributed by atoms with Gasteiger partial charge in [-0.05, 0) is 0 Å². The monoisotopic (exact) mass is 182 g/mol. The van der Waals surface area contributed by atoms with Gasteiger partial charge >= 0.3 is 0 Å².